The fourth-order valence-electron chi connectivity index (χ4n) is 2.32. The molecule has 0 unspecified atom stereocenters. The van der Waals surface area contributed by atoms with Crippen LogP contribution in [0.1, 0.15) is 0 Å². The summed E-state index contributed by atoms with van der Waals surface area (Å²) in [5.41, 5.74) is 1.18. The van der Waals surface area contributed by atoms with Gasteiger partial charge in [0.2, 0.25) is 11.9 Å². The molecule has 3 aromatic rings. The van der Waals surface area contributed by atoms with Crippen molar-refractivity contribution >= 4 is 23.3 Å². The van der Waals surface area contributed by atoms with E-state index < -0.39 is 4.92 Å². The van der Waals surface area contributed by atoms with Gasteiger partial charge in [0, 0.05) is 24.9 Å². The van der Waals surface area contributed by atoms with Crippen molar-refractivity contribution in [3.05, 3.63) is 58.6 Å². The lowest BCUT2D eigenvalue weighted by atomic mass is 10.2. The van der Waals surface area contributed by atoms with Gasteiger partial charge in [-0.05, 0) is 18.2 Å². The van der Waals surface area contributed by atoms with Crippen LogP contribution in [-0.4, -0.2) is 34.0 Å². The van der Waals surface area contributed by atoms with Crippen LogP contribution in [0.15, 0.2) is 48.5 Å². The summed E-state index contributed by atoms with van der Waals surface area (Å²) in [7, 11) is 3.26. The zero-order chi connectivity index (χ0) is 18.5. The van der Waals surface area contributed by atoms with E-state index in [0.29, 0.717) is 28.8 Å². The zero-order valence-corrected chi connectivity index (χ0v) is 14.1. The Kier molecular flexibility index (Phi) is 4.88. The molecular formula is C17H16N6O3. The maximum Gasteiger partial charge on any atom is 0.271 e. The van der Waals surface area contributed by atoms with E-state index in [1.54, 1.807) is 26.3 Å². The first-order valence-corrected chi connectivity index (χ1v) is 7.69. The number of anilines is 3. The number of hydrogen-bond donors (Lipinski definition) is 2. The summed E-state index contributed by atoms with van der Waals surface area (Å²) in [6.07, 6.45) is 0. The first-order valence-electron chi connectivity index (χ1n) is 7.69. The van der Waals surface area contributed by atoms with Gasteiger partial charge >= 0.3 is 0 Å². The number of ether oxygens (including phenoxy) is 1. The molecular weight excluding hydrogens is 336 g/mol. The fourth-order valence-corrected chi connectivity index (χ4v) is 2.32. The summed E-state index contributed by atoms with van der Waals surface area (Å²) in [4.78, 5) is 23.5. The highest BCUT2D eigenvalue weighted by atomic mass is 16.6. The Labute approximate surface area is 149 Å². The maximum absolute atomic E-state index is 10.9. The highest BCUT2D eigenvalue weighted by Gasteiger charge is 2.13. The molecule has 0 bridgehead atoms. The molecule has 9 nitrogen and oxygen atoms in total. The van der Waals surface area contributed by atoms with Gasteiger partial charge in [0.15, 0.2) is 5.82 Å². The molecule has 0 amide bonds. The van der Waals surface area contributed by atoms with Gasteiger partial charge in [-0.1, -0.05) is 18.2 Å². The first kappa shape index (κ1) is 17.1. The van der Waals surface area contributed by atoms with E-state index in [-0.39, 0.29) is 11.6 Å². The Balaban J connectivity index is 2.00. The predicted molar refractivity (Wildman–Crippen MR) is 97.7 cm³/mol. The molecule has 3 rings (SSSR count). The van der Waals surface area contributed by atoms with Crippen molar-refractivity contribution in [3.63, 3.8) is 0 Å². The minimum atomic E-state index is -0.460. The number of rotatable bonds is 6. The van der Waals surface area contributed by atoms with Crippen LogP contribution in [0.2, 0.25) is 0 Å². The van der Waals surface area contributed by atoms with E-state index in [0.717, 1.165) is 0 Å². The standard InChI is InChI=1S/C17H16N6O3/c1-18-16-20-15(13-8-3-4-9-14(13)26-2)21-17(22-16)19-11-6-5-7-12(10-11)23(24)25/h3-10H,1-2H3,(H2,18,19,20,21,22). The van der Waals surface area contributed by atoms with Crippen LogP contribution in [0.3, 0.4) is 0 Å². The molecule has 1 heterocycles. The fraction of sp³-hybridized carbons (Fsp3) is 0.118. The summed E-state index contributed by atoms with van der Waals surface area (Å²) in [5.74, 6) is 1.65. The van der Waals surface area contributed by atoms with Crippen LogP contribution < -0.4 is 15.4 Å². The molecule has 1 aromatic heterocycles. The predicted octanol–water partition coefficient (Wildman–Crippen LogP) is 3.24. The number of nitro groups is 1. The molecule has 26 heavy (non-hydrogen) atoms. The van der Waals surface area contributed by atoms with Crippen molar-refractivity contribution in [3.8, 4) is 17.1 Å². The van der Waals surface area contributed by atoms with Gasteiger partial charge in [0.1, 0.15) is 5.75 Å². The van der Waals surface area contributed by atoms with Gasteiger partial charge in [0.05, 0.1) is 17.6 Å². The highest BCUT2D eigenvalue weighted by molar-refractivity contribution is 5.67. The third-order valence-corrected chi connectivity index (χ3v) is 3.52. The molecule has 0 fully saturated rings. The van der Waals surface area contributed by atoms with E-state index in [1.807, 2.05) is 24.3 Å². The average molecular weight is 352 g/mol. The van der Waals surface area contributed by atoms with Crippen LogP contribution in [0.4, 0.5) is 23.3 Å². The molecule has 0 aliphatic carbocycles. The number of non-ortho nitro benzene ring substituents is 1. The Morgan fingerprint density at radius 2 is 1.81 bits per heavy atom. The third-order valence-electron chi connectivity index (χ3n) is 3.52. The van der Waals surface area contributed by atoms with Crippen LogP contribution in [-0.2, 0) is 0 Å². The van der Waals surface area contributed by atoms with Gasteiger partial charge in [0.25, 0.3) is 5.69 Å². The maximum atomic E-state index is 10.9. The van der Waals surface area contributed by atoms with E-state index in [1.165, 1.54) is 12.1 Å². The lowest BCUT2D eigenvalue weighted by molar-refractivity contribution is -0.384. The van der Waals surface area contributed by atoms with E-state index in [4.69, 9.17) is 4.74 Å². The Bertz CT molecular complexity index is 947. The van der Waals surface area contributed by atoms with Crippen LogP contribution in [0.25, 0.3) is 11.4 Å². The quantitative estimate of drug-likeness (QED) is 0.513. The Hall–Kier alpha value is -3.75. The number of benzene rings is 2. The topological polar surface area (TPSA) is 115 Å². The van der Waals surface area contributed by atoms with Crippen molar-refractivity contribution in [2.75, 3.05) is 24.8 Å². The van der Waals surface area contributed by atoms with Gasteiger partial charge in [-0.3, -0.25) is 10.1 Å². The molecule has 2 aromatic carbocycles. The van der Waals surface area contributed by atoms with Crippen molar-refractivity contribution in [1.29, 1.82) is 0 Å². The second-order valence-corrected chi connectivity index (χ2v) is 5.19. The lowest BCUT2D eigenvalue weighted by Crippen LogP contribution is -2.06. The number of hydrogen-bond acceptors (Lipinski definition) is 8. The van der Waals surface area contributed by atoms with E-state index >= 15 is 0 Å². The van der Waals surface area contributed by atoms with Crippen molar-refractivity contribution < 1.29 is 9.66 Å². The number of para-hydroxylation sites is 1. The molecule has 132 valence electrons. The minimum Gasteiger partial charge on any atom is -0.496 e. The number of nitrogens with zero attached hydrogens (tertiary/aromatic N) is 4. The SMILES string of the molecule is CNc1nc(Nc2cccc([N+](=O)[O-])c2)nc(-c2ccccc2OC)n1. The summed E-state index contributed by atoms with van der Waals surface area (Å²) in [6, 6.07) is 13.5. The van der Waals surface area contributed by atoms with Gasteiger partial charge in [-0.2, -0.15) is 15.0 Å². The average Bonchev–Trinajstić information content (AvgIpc) is 2.67. The largest absolute Gasteiger partial charge is 0.496 e. The molecule has 0 radical (unpaired) electrons. The van der Waals surface area contributed by atoms with Crippen molar-refractivity contribution in [1.82, 2.24) is 15.0 Å². The molecule has 2 N–H and O–H groups in total. The third kappa shape index (κ3) is 3.66. The Morgan fingerprint density at radius 1 is 1.04 bits per heavy atom. The second-order valence-electron chi connectivity index (χ2n) is 5.19. The normalized spacial score (nSPS) is 10.2. The molecule has 0 spiro atoms. The number of nitrogens with one attached hydrogen (secondary N) is 2. The summed E-state index contributed by atoms with van der Waals surface area (Å²) in [5, 5.41) is 16.8. The monoisotopic (exact) mass is 352 g/mol. The number of nitro benzene ring substituents is 1. The van der Waals surface area contributed by atoms with Crippen LogP contribution in [0, 0.1) is 10.1 Å². The van der Waals surface area contributed by atoms with E-state index in [9.17, 15) is 10.1 Å². The minimum absolute atomic E-state index is 0.0251. The molecule has 0 saturated carbocycles. The van der Waals surface area contributed by atoms with E-state index in [2.05, 4.69) is 25.6 Å². The summed E-state index contributed by atoms with van der Waals surface area (Å²) < 4.78 is 5.36. The lowest BCUT2D eigenvalue weighted by Gasteiger charge is -2.11. The van der Waals surface area contributed by atoms with Gasteiger partial charge < -0.3 is 15.4 Å². The van der Waals surface area contributed by atoms with Gasteiger partial charge in [-0.25, -0.2) is 0 Å². The molecule has 0 aliphatic rings. The van der Waals surface area contributed by atoms with Crippen LogP contribution in [0.5, 0.6) is 5.75 Å². The van der Waals surface area contributed by atoms with Crippen molar-refractivity contribution in [2.24, 2.45) is 0 Å². The second kappa shape index (κ2) is 7.43. The summed E-state index contributed by atoms with van der Waals surface area (Å²) in [6.45, 7) is 0. The number of methoxy groups -OCH3 is 1. The molecule has 0 atom stereocenters. The van der Waals surface area contributed by atoms with Crippen molar-refractivity contribution in [2.45, 2.75) is 0 Å². The molecule has 0 saturated heterocycles. The summed E-state index contributed by atoms with van der Waals surface area (Å²) >= 11 is 0. The van der Waals surface area contributed by atoms with Gasteiger partial charge in [-0.15, -0.1) is 0 Å². The molecule has 9 heteroatoms. The highest BCUT2D eigenvalue weighted by Crippen LogP contribution is 2.28. The zero-order valence-electron chi connectivity index (χ0n) is 14.1. The van der Waals surface area contributed by atoms with Crippen LogP contribution >= 0.6 is 0 Å². The first-order chi connectivity index (χ1) is 12.6. The number of aromatic nitrogens is 3. The smallest absolute Gasteiger partial charge is 0.271 e. The molecule has 0 aliphatic heterocycles. The Morgan fingerprint density at radius 3 is 2.54 bits per heavy atom.